The second-order valence-electron chi connectivity index (χ2n) is 3.06. The van der Waals surface area contributed by atoms with Crippen LogP contribution in [0.5, 0.6) is 0 Å². The minimum Gasteiger partial charge on any atom is -0.465 e. The number of thioether (sulfide) groups is 1. The van der Waals surface area contributed by atoms with Gasteiger partial charge in [-0.3, -0.25) is 0 Å². The van der Waals surface area contributed by atoms with Gasteiger partial charge in [0.05, 0.1) is 17.1 Å². The normalized spacial score (nSPS) is 12.4. The molecular weight excluding hydrogens is 194 g/mol. The number of nitrogens with zero attached hydrogens (tertiary/aromatic N) is 1. The van der Waals surface area contributed by atoms with Crippen LogP contribution in [0.2, 0.25) is 0 Å². The standard InChI is InChI=1S/C11H15NOS/c1-3-9-5-6-10(13-9)8-14-11(4-2)7-12/h5-6,11H,3-4,8H2,1-2H3. The second kappa shape index (κ2) is 5.77. The zero-order valence-corrected chi connectivity index (χ0v) is 9.43. The van der Waals surface area contributed by atoms with Crippen molar-refractivity contribution in [2.45, 2.75) is 37.7 Å². The molecule has 1 aromatic rings. The van der Waals surface area contributed by atoms with Crippen LogP contribution in [0.1, 0.15) is 31.8 Å². The molecule has 0 spiro atoms. The van der Waals surface area contributed by atoms with Gasteiger partial charge in [-0.25, -0.2) is 0 Å². The first-order valence-electron chi connectivity index (χ1n) is 4.89. The molecule has 0 amide bonds. The minimum absolute atomic E-state index is 0.0881. The van der Waals surface area contributed by atoms with E-state index in [1.54, 1.807) is 11.8 Å². The van der Waals surface area contributed by atoms with Crippen LogP contribution in [-0.2, 0) is 12.2 Å². The minimum atomic E-state index is 0.0881. The molecule has 0 radical (unpaired) electrons. The van der Waals surface area contributed by atoms with E-state index in [9.17, 15) is 0 Å². The molecule has 3 heteroatoms. The van der Waals surface area contributed by atoms with Gasteiger partial charge in [-0.15, -0.1) is 11.8 Å². The first kappa shape index (κ1) is 11.2. The van der Waals surface area contributed by atoms with E-state index in [-0.39, 0.29) is 5.25 Å². The molecule has 14 heavy (non-hydrogen) atoms. The highest BCUT2D eigenvalue weighted by Crippen LogP contribution is 2.21. The Morgan fingerprint density at radius 2 is 2.14 bits per heavy atom. The molecule has 0 saturated heterocycles. The SMILES string of the molecule is CCc1ccc(CSC(C#N)CC)o1. The predicted octanol–water partition coefficient (Wildman–Crippen LogP) is 3.38. The van der Waals surface area contributed by atoms with Crippen molar-refractivity contribution >= 4 is 11.8 Å². The van der Waals surface area contributed by atoms with Gasteiger partial charge in [0, 0.05) is 6.42 Å². The molecule has 0 aliphatic carbocycles. The van der Waals surface area contributed by atoms with E-state index in [0.29, 0.717) is 0 Å². The van der Waals surface area contributed by atoms with Crippen LogP contribution in [0.15, 0.2) is 16.5 Å². The number of hydrogen-bond donors (Lipinski definition) is 0. The van der Waals surface area contributed by atoms with E-state index < -0.39 is 0 Å². The van der Waals surface area contributed by atoms with Crippen molar-refractivity contribution < 1.29 is 4.42 Å². The molecule has 0 N–H and O–H groups in total. The first-order chi connectivity index (χ1) is 6.80. The number of rotatable bonds is 5. The van der Waals surface area contributed by atoms with Gasteiger partial charge in [0.25, 0.3) is 0 Å². The highest BCUT2D eigenvalue weighted by Gasteiger charge is 2.07. The van der Waals surface area contributed by atoms with Gasteiger partial charge in [0.1, 0.15) is 11.5 Å². The summed E-state index contributed by atoms with van der Waals surface area (Å²) in [5.41, 5.74) is 0. The topological polar surface area (TPSA) is 36.9 Å². The summed E-state index contributed by atoms with van der Waals surface area (Å²) in [5.74, 6) is 2.79. The summed E-state index contributed by atoms with van der Waals surface area (Å²) in [6, 6.07) is 6.26. The van der Waals surface area contributed by atoms with Crippen molar-refractivity contribution in [3.63, 3.8) is 0 Å². The van der Waals surface area contributed by atoms with Crippen LogP contribution in [0.25, 0.3) is 0 Å². The van der Waals surface area contributed by atoms with Crippen molar-refractivity contribution in [2.24, 2.45) is 0 Å². The molecule has 1 unspecified atom stereocenters. The molecule has 1 rings (SSSR count). The van der Waals surface area contributed by atoms with E-state index in [1.807, 2.05) is 19.1 Å². The Kier molecular flexibility index (Phi) is 4.61. The van der Waals surface area contributed by atoms with Crippen molar-refractivity contribution in [3.05, 3.63) is 23.7 Å². The molecule has 1 aromatic heterocycles. The lowest BCUT2D eigenvalue weighted by Crippen LogP contribution is -1.95. The lowest BCUT2D eigenvalue weighted by molar-refractivity contribution is 0.485. The predicted molar refractivity (Wildman–Crippen MR) is 59.1 cm³/mol. The third-order valence-electron chi connectivity index (χ3n) is 2.01. The van der Waals surface area contributed by atoms with Gasteiger partial charge < -0.3 is 4.42 Å². The number of furan rings is 1. The summed E-state index contributed by atoms with van der Waals surface area (Å²) in [7, 11) is 0. The van der Waals surface area contributed by atoms with Crippen molar-refractivity contribution in [1.29, 1.82) is 5.26 Å². The quantitative estimate of drug-likeness (QED) is 0.746. The Bertz CT molecular complexity index is 313. The maximum atomic E-state index is 8.75. The summed E-state index contributed by atoms with van der Waals surface area (Å²) in [6.07, 6.45) is 1.82. The van der Waals surface area contributed by atoms with Crippen LogP contribution in [0.3, 0.4) is 0 Å². The molecule has 76 valence electrons. The van der Waals surface area contributed by atoms with Crippen molar-refractivity contribution in [1.82, 2.24) is 0 Å². The summed E-state index contributed by atoms with van der Waals surface area (Å²) in [4.78, 5) is 0. The summed E-state index contributed by atoms with van der Waals surface area (Å²) < 4.78 is 5.54. The third kappa shape index (κ3) is 3.12. The van der Waals surface area contributed by atoms with Crippen LogP contribution >= 0.6 is 11.8 Å². The van der Waals surface area contributed by atoms with Crippen LogP contribution in [0.4, 0.5) is 0 Å². The smallest absolute Gasteiger partial charge is 0.114 e. The molecule has 0 fully saturated rings. The van der Waals surface area contributed by atoms with Crippen LogP contribution in [0, 0.1) is 11.3 Å². The molecule has 1 atom stereocenters. The van der Waals surface area contributed by atoms with Crippen molar-refractivity contribution in [3.8, 4) is 6.07 Å². The molecular formula is C11H15NOS. The van der Waals surface area contributed by atoms with Gasteiger partial charge in [-0.1, -0.05) is 13.8 Å². The molecule has 0 aliphatic rings. The van der Waals surface area contributed by atoms with E-state index >= 15 is 0 Å². The molecule has 1 heterocycles. The van der Waals surface area contributed by atoms with Gasteiger partial charge in [0.15, 0.2) is 0 Å². The Hall–Kier alpha value is -0.880. The highest BCUT2D eigenvalue weighted by molar-refractivity contribution is 7.99. The third-order valence-corrected chi connectivity index (χ3v) is 3.30. The number of aryl methyl sites for hydroxylation is 1. The van der Waals surface area contributed by atoms with Crippen molar-refractivity contribution in [2.75, 3.05) is 0 Å². The maximum Gasteiger partial charge on any atom is 0.114 e. The largest absolute Gasteiger partial charge is 0.465 e. The monoisotopic (exact) mass is 209 g/mol. The lowest BCUT2D eigenvalue weighted by atomic mass is 10.4. The number of hydrogen-bond acceptors (Lipinski definition) is 3. The lowest BCUT2D eigenvalue weighted by Gasteiger charge is -2.02. The Balaban J connectivity index is 2.41. The maximum absolute atomic E-state index is 8.75. The zero-order valence-electron chi connectivity index (χ0n) is 8.62. The fourth-order valence-electron chi connectivity index (χ4n) is 1.12. The van der Waals surface area contributed by atoms with Crippen LogP contribution < -0.4 is 0 Å². The molecule has 0 aromatic carbocycles. The number of nitriles is 1. The van der Waals surface area contributed by atoms with Gasteiger partial charge in [-0.05, 0) is 18.6 Å². The molecule has 2 nitrogen and oxygen atoms in total. The van der Waals surface area contributed by atoms with Gasteiger partial charge in [0.2, 0.25) is 0 Å². The summed E-state index contributed by atoms with van der Waals surface area (Å²) >= 11 is 1.64. The Labute approximate surface area is 89.3 Å². The average molecular weight is 209 g/mol. The summed E-state index contributed by atoms with van der Waals surface area (Å²) in [6.45, 7) is 4.10. The van der Waals surface area contributed by atoms with Gasteiger partial charge in [-0.2, -0.15) is 5.26 Å². The van der Waals surface area contributed by atoms with Crippen LogP contribution in [-0.4, -0.2) is 5.25 Å². The fraction of sp³-hybridized carbons (Fsp3) is 0.545. The molecule has 0 bridgehead atoms. The zero-order chi connectivity index (χ0) is 10.4. The van der Waals surface area contributed by atoms with E-state index in [1.165, 1.54) is 0 Å². The summed E-state index contributed by atoms with van der Waals surface area (Å²) in [5, 5.41) is 8.84. The van der Waals surface area contributed by atoms with E-state index in [4.69, 9.17) is 9.68 Å². The van der Waals surface area contributed by atoms with E-state index in [0.717, 1.165) is 30.1 Å². The Morgan fingerprint density at radius 3 is 2.64 bits per heavy atom. The molecule has 0 aliphatic heterocycles. The fourth-order valence-corrected chi connectivity index (χ4v) is 1.95. The van der Waals surface area contributed by atoms with E-state index in [2.05, 4.69) is 13.0 Å². The highest BCUT2D eigenvalue weighted by atomic mass is 32.2. The average Bonchev–Trinajstić information content (AvgIpc) is 2.67. The molecule has 0 saturated carbocycles. The van der Waals surface area contributed by atoms with Gasteiger partial charge >= 0.3 is 0 Å². The Morgan fingerprint density at radius 1 is 1.43 bits per heavy atom. The second-order valence-corrected chi connectivity index (χ2v) is 4.25. The first-order valence-corrected chi connectivity index (χ1v) is 5.93.